The summed E-state index contributed by atoms with van der Waals surface area (Å²) in [6.45, 7) is 4.62. The van der Waals surface area contributed by atoms with Crippen LogP contribution in [0.4, 0.5) is 0 Å². The lowest BCUT2D eigenvalue weighted by Gasteiger charge is -2.25. The van der Waals surface area contributed by atoms with E-state index in [4.69, 9.17) is 4.74 Å². The van der Waals surface area contributed by atoms with Crippen molar-refractivity contribution in [2.45, 2.75) is 32.9 Å². The molecular formula is C16H23NO3S. The Morgan fingerprint density at radius 3 is 2.71 bits per heavy atom. The number of amides is 1. The molecule has 1 aromatic carbocycles. The number of ether oxygens (including phenoxy) is 1. The van der Waals surface area contributed by atoms with Crippen molar-refractivity contribution >= 4 is 16.7 Å². The summed E-state index contributed by atoms with van der Waals surface area (Å²) < 4.78 is 17.0. The van der Waals surface area contributed by atoms with Crippen molar-refractivity contribution < 1.29 is 13.7 Å². The maximum atomic E-state index is 12.3. The number of hydrogen-bond donors (Lipinski definition) is 1. The summed E-state index contributed by atoms with van der Waals surface area (Å²) in [6.07, 6.45) is 0.805. The Labute approximate surface area is 128 Å². The Kier molecular flexibility index (Phi) is 5.53. The summed E-state index contributed by atoms with van der Waals surface area (Å²) in [7, 11) is -0.772. The van der Waals surface area contributed by atoms with Gasteiger partial charge in [-0.3, -0.25) is 9.00 Å². The van der Waals surface area contributed by atoms with Crippen molar-refractivity contribution in [1.29, 1.82) is 0 Å². The molecule has 0 aromatic heterocycles. The summed E-state index contributed by atoms with van der Waals surface area (Å²) in [6, 6.07) is 9.95. The van der Waals surface area contributed by atoms with Crippen LogP contribution >= 0.6 is 0 Å². The first-order valence-corrected chi connectivity index (χ1v) is 8.74. The van der Waals surface area contributed by atoms with Gasteiger partial charge in [-0.05, 0) is 25.8 Å². The fraction of sp³-hybridized carbons (Fsp3) is 0.562. The summed E-state index contributed by atoms with van der Waals surface area (Å²) in [5.41, 5.74) is 0.513. The van der Waals surface area contributed by atoms with Crippen molar-refractivity contribution in [2.24, 2.45) is 5.41 Å². The van der Waals surface area contributed by atoms with E-state index < -0.39 is 16.2 Å². The fourth-order valence-electron chi connectivity index (χ4n) is 2.22. The van der Waals surface area contributed by atoms with E-state index in [2.05, 4.69) is 5.32 Å². The zero-order valence-corrected chi connectivity index (χ0v) is 13.4. The minimum absolute atomic E-state index is 0.0283. The summed E-state index contributed by atoms with van der Waals surface area (Å²) in [4.78, 5) is 12.3. The van der Waals surface area contributed by atoms with Crippen LogP contribution in [0, 0.1) is 5.41 Å². The Bertz CT molecular complexity index is 502. The molecule has 21 heavy (non-hydrogen) atoms. The van der Waals surface area contributed by atoms with Crippen LogP contribution in [0.3, 0.4) is 0 Å². The highest BCUT2D eigenvalue weighted by Crippen LogP contribution is 2.18. The summed E-state index contributed by atoms with van der Waals surface area (Å²) in [5, 5.41) is 2.99. The molecule has 5 heteroatoms. The molecule has 0 aliphatic carbocycles. The molecular weight excluding hydrogens is 286 g/mol. The minimum Gasteiger partial charge on any atom is -0.376 e. The van der Waals surface area contributed by atoms with E-state index in [0.717, 1.165) is 12.0 Å². The molecule has 2 rings (SSSR count). The van der Waals surface area contributed by atoms with Gasteiger partial charge in [0.2, 0.25) is 5.91 Å². The standard InChI is InChI=1S/C16H23NO3S/c1-16(2,12-20-10-13-6-4-3-5-7-13)15(18)17-14-8-9-21(19)11-14/h3-7,14H,8-12H2,1-2H3,(H,17,18)/t14-,21+/m0/s1. The van der Waals surface area contributed by atoms with Crippen molar-refractivity contribution in [3.05, 3.63) is 35.9 Å². The fourth-order valence-corrected chi connectivity index (χ4v) is 3.64. The third-order valence-corrected chi connectivity index (χ3v) is 5.07. The lowest BCUT2D eigenvalue weighted by molar-refractivity contribution is -0.133. The molecule has 1 fully saturated rings. The number of hydrogen-bond acceptors (Lipinski definition) is 3. The van der Waals surface area contributed by atoms with Crippen molar-refractivity contribution in [2.75, 3.05) is 18.1 Å². The average molecular weight is 309 g/mol. The average Bonchev–Trinajstić information content (AvgIpc) is 2.85. The van der Waals surface area contributed by atoms with E-state index >= 15 is 0 Å². The quantitative estimate of drug-likeness (QED) is 0.873. The van der Waals surface area contributed by atoms with Crippen molar-refractivity contribution in [3.63, 3.8) is 0 Å². The Balaban J connectivity index is 1.77. The van der Waals surface area contributed by atoms with E-state index in [1.54, 1.807) is 0 Å². The van der Waals surface area contributed by atoms with Crippen LogP contribution in [0.2, 0.25) is 0 Å². The van der Waals surface area contributed by atoms with Crippen LogP contribution in [-0.2, 0) is 26.9 Å². The van der Waals surface area contributed by atoms with Gasteiger partial charge in [0, 0.05) is 28.3 Å². The first-order chi connectivity index (χ1) is 9.97. The molecule has 2 atom stereocenters. The molecule has 4 nitrogen and oxygen atoms in total. The number of benzene rings is 1. The molecule has 0 saturated carbocycles. The molecule has 0 spiro atoms. The molecule has 1 aliphatic heterocycles. The predicted octanol–water partition coefficient (Wildman–Crippen LogP) is 1.87. The second-order valence-electron chi connectivity index (χ2n) is 6.13. The van der Waals surface area contributed by atoms with Gasteiger partial charge < -0.3 is 10.1 Å². The van der Waals surface area contributed by atoms with Gasteiger partial charge in [-0.25, -0.2) is 0 Å². The highest BCUT2D eigenvalue weighted by Gasteiger charge is 2.31. The molecule has 1 saturated heterocycles. The van der Waals surface area contributed by atoms with E-state index in [0.29, 0.717) is 24.7 Å². The van der Waals surface area contributed by atoms with Gasteiger partial charge in [-0.2, -0.15) is 0 Å². The van der Waals surface area contributed by atoms with Gasteiger partial charge in [0.05, 0.1) is 18.6 Å². The number of carbonyl (C=O) groups is 1. The van der Waals surface area contributed by atoms with Gasteiger partial charge in [-0.1, -0.05) is 30.3 Å². The molecule has 116 valence electrons. The maximum absolute atomic E-state index is 12.3. The van der Waals surface area contributed by atoms with Crippen molar-refractivity contribution in [3.8, 4) is 0 Å². The zero-order chi connectivity index (χ0) is 15.3. The summed E-state index contributed by atoms with van der Waals surface area (Å²) >= 11 is 0. The lowest BCUT2D eigenvalue weighted by Crippen LogP contribution is -2.45. The first kappa shape index (κ1) is 16.2. The van der Waals surface area contributed by atoms with Crippen LogP contribution in [0.25, 0.3) is 0 Å². The normalized spacial score (nSPS) is 22.2. The minimum atomic E-state index is -0.772. The largest absolute Gasteiger partial charge is 0.376 e. The van der Waals surface area contributed by atoms with Crippen LogP contribution in [0.15, 0.2) is 30.3 Å². The van der Waals surface area contributed by atoms with Crippen LogP contribution < -0.4 is 5.32 Å². The van der Waals surface area contributed by atoms with Crippen LogP contribution in [-0.4, -0.2) is 34.3 Å². The molecule has 1 aliphatic rings. The van der Waals surface area contributed by atoms with Gasteiger partial charge in [0.15, 0.2) is 0 Å². The van der Waals surface area contributed by atoms with E-state index in [1.807, 2.05) is 44.2 Å². The molecule has 1 amide bonds. The molecule has 0 radical (unpaired) electrons. The Hall–Kier alpha value is -1.20. The number of carbonyl (C=O) groups excluding carboxylic acids is 1. The van der Waals surface area contributed by atoms with E-state index in [1.165, 1.54) is 0 Å². The highest BCUT2D eigenvalue weighted by atomic mass is 32.2. The van der Waals surface area contributed by atoms with Gasteiger partial charge >= 0.3 is 0 Å². The maximum Gasteiger partial charge on any atom is 0.228 e. The molecule has 1 heterocycles. The van der Waals surface area contributed by atoms with Gasteiger partial charge in [-0.15, -0.1) is 0 Å². The van der Waals surface area contributed by atoms with E-state index in [-0.39, 0.29) is 11.9 Å². The lowest BCUT2D eigenvalue weighted by atomic mass is 9.93. The first-order valence-electron chi connectivity index (χ1n) is 7.25. The van der Waals surface area contributed by atoms with Gasteiger partial charge in [0.25, 0.3) is 0 Å². The third-order valence-electron chi connectivity index (χ3n) is 3.61. The molecule has 0 unspecified atom stereocenters. The number of nitrogens with one attached hydrogen (secondary N) is 1. The smallest absolute Gasteiger partial charge is 0.228 e. The highest BCUT2D eigenvalue weighted by molar-refractivity contribution is 7.85. The van der Waals surface area contributed by atoms with Gasteiger partial charge in [0.1, 0.15) is 0 Å². The van der Waals surface area contributed by atoms with Crippen LogP contribution in [0.1, 0.15) is 25.8 Å². The van der Waals surface area contributed by atoms with Crippen LogP contribution in [0.5, 0.6) is 0 Å². The second kappa shape index (κ2) is 7.18. The Morgan fingerprint density at radius 1 is 1.38 bits per heavy atom. The molecule has 1 aromatic rings. The molecule has 1 N–H and O–H groups in total. The monoisotopic (exact) mass is 309 g/mol. The predicted molar refractivity (Wildman–Crippen MR) is 84.3 cm³/mol. The molecule has 0 bridgehead atoms. The third kappa shape index (κ3) is 4.93. The second-order valence-corrected chi connectivity index (χ2v) is 7.75. The number of rotatable bonds is 6. The van der Waals surface area contributed by atoms with Crippen molar-refractivity contribution in [1.82, 2.24) is 5.32 Å². The summed E-state index contributed by atoms with van der Waals surface area (Å²) in [5.74, 6) is 1.24. The Morgan fingerprint density at radius 2 is 2.10 bits per heavy atom. The SMILES string of the molecule is CC(C)(COCc1ccccc1)C(=O)N[C@H]1CC[S@@](=O)C1. The topological polar surface area (TPSA) is 55.4 Å². The zero-order valence-electron chi connectivity index (χ0n) is 12.6. The van der Waals surface area contributed by atoms with E-state index in [9.17, 15) is 9.00 Å².